The van der Waals surface area contributed by atoms with Crippen LogP contribution in [0, 0.1) is 6.92 Å². The average molecular weight is 170 g/mol. The van der Waals surface area contributed by atoms with Crippen LogP contribution < -0.4 is 0 Å². The maximum absolute atomic E-state index is 4.28. The third-order valence-corrected chi connectivity index (χ3v) is 2.41. The van der Waals surface area contributed by atoms with Crippen LogP contribution in [0.4, 0.5) is 0 Å². The van der Waals surface area contributed by atoms with Crippen LogP contribution in [0.3, 0.4) is 0 Å². The van der Waals surface area contributed by atoms with Gasteiger partial charge in [-0.25, -0.2) is 4.98 Å². The van der Waals surface area contributed by atoms with Gasteiger partial charge in [-0.2, -0.15) is 0 Å². The second-order valence-corrected chi connectivity index (χ2v) is 4.24. The summed E-state index contributed by atoms with van der Waals surface area (Å²) in [5.74, 6) is 0. The van der Waals surface area contributed by atoms with Gasteiger partial charge in [-0.15, -0.1) is 11.3 Å². The average Bonchev–Trinajstić information content (AvgIpc) is 2.31. The first-order valence-corrected chi connectivity index (χ1v) is 4.56. The molecule has 0 radical (unpaired) electrons. The van der Waals surface area contributed by atoms with E-state index in [-0.39, 0.29) is 0 Å². The molecule has 3 heteroatoms. The van der Waals surface area contributed by atoms with Crippen LogP contribution in [0.15, 0.2) is 6.20 Å². The fraction of sp³-hybridized carbons (Fsp3) is 0.625. The summed E-state index contributed by atoms with van der Waals surface area (Å²) in [6.45, 7) is 3.18. The van der Waals surface area contributed by atoms with Crippen LogP contribution >= 0.6 is 11.3 Å². The Hall–Kier alpha value is -0.410. The molecule has 0 spiro atoms. The third kappa shape index (κ3) is 2.99. The van der Waals surface area contributed by atoms with Gasteiger partial charge in [0.05, 0.1) is 5.01 Å². The molecule has 0 fully saturated rings. The number of hydrogen-bond acceptors (Lipinski definition) is 3. The Morgan fingerprint density at radius 2 is 2.27 bits per heavy atom. The maximum Gasteiger partial charge on any atom is 0.0940 e. The summed E-state index contributed by atoms with van der Waals surface area (Å²) in [6, 6.07) is 0. The van der Waals surface area contributed by atoms with Gasteiger partial charge in [0.1, 0.15) is 0 Å². The van der Waals surface area contributed by atoms with E-state index in [2.05, 4.69) is 30.9 Å². The summed E-state index contributed by atoms with van der Waals surface area (Å²) in [5, 5.41) is 1.25. The zero-order chi connectivity index (χ0) is 8.27. The molecule has 1 heterocycles. The molecule has 0 aliphatic heterocycles. The Balaban J connectivity index is 2.39. The van der Waals surface area contributed by atoms with Crippen LogP contribution in [0.2, 0.25) is 0 Å². The lowest BCUT2D eigenvalue weighted by molar-refractivity contribution is 0.413. The van der Waals surface area contributed by atoms with E-state index in [1.165, 1.54) is 9.88 Å². The smallest absolute Gasteiger partial charge is 0.0940 e. The summed E-state index contributed by atoms with van der Waals surface area (Å²) in [4.78, 5) is 7.76. The van der Waals surface area contributed by atoms with Crippen molar-refractivity contribution in [3.05, 3.63) is 16.1 Å². The predicted molar refractivity (Wildman–Crippen MR) is 49.1 cm³/mol. The van der Waals surface area contributed by atoms with Crippen LogP contribution in [0.25, 0.3) is 0 Å². The molecule has 0 aliphatic rings. The zero-order valence-electron chi connectivity index (χ0n) is 7.29. The molecule has 1 rings (SSSR count). The Morgan fingerprint density at radius 3 is 2.73 bits per heavy atom. The molecular weight excluding hydrogens is 156 g/mol. The van der Waals surface area contributed by atoms with Gasteiger partial charge in [0, 0.05) is 24.0 Å². The summed E-state index contributed by atoms with van der Waals surface area (Å²) < 4.78 is 0. The van der Waals surface area contributed by atoms with Gasteiger partial charge in [-0.05, 0) is 21.0 Å². The van der Waals surface area contributed by atoms with E-state index >= 15 is 0 Å². The number of likely N-dealkylation sites (N-methyl/N-ethyl adjacent to an activating group) is 1. The SMILES string of the molecule is Cc1cnc(CCN(C)C)s1. The number of aryl methyl sites for hydroxylation is 1. The molecule has 0 atom stereocenters. The van der Waals surface area contributed by atoms with Gasteiger partial charge in [0.25, 0.3) is 0 Å². The van der Waals surface area contributed by atoms with Crippen LogP contribution in [-0.4, -0.2) is 30.5 Å². The highest BCUT2D eigenvalue weighted by Crippen LogP contribution is 2.11. The quantitative estimate of drug-likeness (QED) is 0.684. The van der Waals surface area contributed by atoms with Crippen LogP contribution in [0.1, 0.15) is 9.88 Å². The summed E-state index contributed by atoms with van der Waals surface area (Å²) in [5.41, 5.74) is 0. The number of thiazole rings is 1. The topological polar surface area (TPSA) is 16.1 Å². The minimum Gasteiger partial charge on any atom is -0.309 e. The third-order valence-electron chi connectivity index (χ3n) is 1.44. The molecule has 0 N–H and O–H groups in total. The summed E-state index contributed by atoms with van der Waals surface area (Å²) >= 11 is 1.79. The van der Waals surface area contributed by atoms with Gasteiger partial charge in [-0.1, -0.05) is 0 Å². The second-order valence-electron chi connectivity index (χ2n) is 2.92. The highest BCUT2D eigenvalue weighted by Gasteiger charge is 1.98. The van der Waals surface area contributed by atoms with E-state index in [0.29, 0.717) is 0 Å². The molecule has 62 valence electrons. The molecular formula is C8H14N2S. The summed E-state index contributed by atoms with van der Waals surface area (Å²) in [7, 11) is 4.17. The Morgan fingerprint density at radius 1 is 1.55 bits per heavy atom. The van der Waals surface area contributed by atoms with Gasteiger partial charge in [0.2, 0.25) is 0 Å². The van der Waals surface area contributed by atoms with Crippen LogP contribution in [-0.2, 0) is 6.42 Å². The molecule has 0 saturated heterocycles. The largest absolute Gasteiger partial charge is 0.309 e. The van der Waals surface area contributed by atoms with Crippen molar-refractivity contribution in [2.45, 2.75) is 13.3 Å². The number of nitrogens with zero attached hydrogens (tertiary/aromatic N) is 2. The fourth-order valence-corrected chi connectivity index (χ4v) is 1.61. The molecule has 0 bridgehead atoms. The lowest BCUT2D eigenvalue weighted by Gasteiger charge is -2.06. The van der Waals surface area contributed by atoms with Crippen molar-refractivity contribution in [3.8, 4) is 0 Å². The predicted octanol–water partition coefficient (Wildman–Crippen LogP) is 1.56. The van der Waals surface area contributed by atoms with Crippen molar-refractivity contribution in [2.75, 3.05) is 20.6 Å². The first-order valence-electron chi connectivity index (χ1n) is 3.74. The number of hydrogen-bond donors (Lipinski definition) is 0. The van der Waals surface area contributed by atoms with E-state index in [9.17, 15) is 0 Å². The second kappa shape index (κ2) is 3.83. The Bertz CT molecular complexity index is 218. The van der Waals surface area contributed by atoms with Gasteiger partial charge in [-0.3, -0.25) is 0 Å². The Labute approximate surface area is 71.9 Å². The van der Waals surface area contributed by atoms with Crippen molar-refractivity contribution in [1.29, 1.82) is 0 Å². The van der Waals surface area contributed by atoms with Crippen LogP contribution in [0.5, 0.6) is 0 Å². The first kappa shape index (κ1) is 8.68. The molecule has 1 aromatic rings. The minimum atomic E-state index is 1.07. The molecule has 2 nitrogen and oxygen atoms in total. The zero-order valence-corrected chi connectivity index (χ0v) is 8.11. The van der Waals surface area contributed by atoms with Gasteiger partial charge in [0.15, 0.2) is 0 Å². The maximum atomic E-state index is 4.28. The molecule has 0 unspecified atom stereocenters. The standard InChI is InChI=1S/C8H14N2S/c1-7-6-9-8(11-7)4-5-10(2)3/h6H,4-5H2,1-3H3. The normalized spacial score (nSPS) is 10.9. The van der Waals surface area contributed by atoms with E-state index in [1.54, 1.807) is 11.3 Å². The number of aromatic nitrogens is 1. The molecule has 1 aromatic heterocycles. The van der Waals surface area contributed by atoms with E-state index in [1.807, 2.05) is 6.20 Å². The lowest BCUT2D eigenvalue weighted by Crippen LogP contribution is -2.14. The van der Waals surface area contributed by atoms with Gasteiger partial charge < -0.3 is 4.90 Å². The minimum absolute atomic E-state index is 1.07. The lowest BCUT2D eigenvalue weighted by atomic mass is 10.4. The van der Waals surface area contributed by atoms with Crippen molar-refractivity contribution >= 4 is 11.3 Å². The molecule has 11 heavy (non-hydrogen) atoms. The van der Waals surface area contributed by atoms with E-state index < -0.39 is 0 Å². The monoisotopic (exact) mass is 170 g/mol. The van der Waals surface area contributed by atoms with E-state index in [4.69, 9.17) is 0 Å². The van der Waals surface area contributed by atoms with Crippen molar-refractivity contribution < 1.29 is 0 Å². The highest BCUT2D eigenvalue weighted by molar-refractivity contribution is 7.11. The van der Waals surface area contributed by atoms with Crippen molar-refractivity contribution in [3.63, 3.8) is 0 Å². The van der Waals surface area contributed by atoms with Gasteiger partial charge >= 0.3 is 0 Å². The molecule has 0 saturated carbocycles. The number of rotatable bonds is 3. The molecule has 0 aliphatic carbocycles. The Kier molecular flexibility index (Phi) is 3.02. The molecule has 0 aromatic carbocycles. The summed E-state index contributed by atoms with van der Waals surface area (Å²) in [6.07, 6.45) is 3.02. The highest BCUT2D eigenvalue weighted by atomic mass is 32.1. The fourth-order valence-electron chi connectivity index (χ4n) is 0.836. The van der Waals surface area contributed by atoms with E-state index in [0.717, 1.165) is 13.0 Å². The molecule has 0 amide bonds. The van der Waals surface area contributed by atoms with Crippen molar-refractivity contribution in [2.24, 2.45) is 0 Å². The first-order chi connectivity index (χ1) is 5.18. The van der Waals surface area contributed by atoms with Crippen molar-refractivity contribution in [1.82, 2.24) is 9.88 Å².